The van der Waals surface area contributed by atoms with Gasteiger partial charge in [0.1, 0.15) is 0 Å². The van der Waals surface area contributed by atoms with Gasteiger partial charge in [0.2, 0.25) is 15.9 Å². The Labute approximate surface area is 202 Å². The summed E-state index contributed by atoms with van der Waals surface area (Å²) in [5, 5.41) is 3.77. The van der Waals surface area contributed by atoms with Gasteiger partial charge in [-0.3, -0.25) is 4.79 Å². The minimum absolute atomic E-state index is 0.0434. The van der Waals surface area contributed by atoms with Gasteiger partial charge in [0.15, 0.2) is 0 Å². The van der Waals surface area contributed by atoms with Crippen molar-refractivity contribution in [1.29, 1.82) is 0 Å². The summed E-state index contributed by atoms with van der Waals surface area (Å²) in [6.07, 6.45) is 7.09. The van der Waals surface area contributed by atoms with Crippen molar-refractivity contribution in [3.8, 4) is 0 Å². The van der Waals surface area contributed by atoms with E-state index in [9.17, 15) is 13.2 Å². The van der Waals surface area contributed by atoms with E-state index in [1.807, 2.05) is 0 Å². The molecule has 1 aromatic carbocycles. The molecule has 0 radical (unpaired) electrons. The minimum Gasteiger partial charge on any atom is -0.356 e. The molecular formula is C23H35Cl2N3O3S. The van der Waals surface area contributed by atoms with E-state index in [0.29, 0.717) is 54.1 Å². The SMILES string of the molecule is CC[C@@H]1CCCCN1CCCNC(=O)C1CCN(S(=O)(=O)Cc2c(Cl)cccc2Cl)CC1. The number of likely N-dealkylation sites (tertiary alicyclic amines) is 1. The topological polar surface area (TPSA) is 69.7 Å². The summed E-state index contributed by atoms with van der Waals surface area (Å²) >= 11 is 12.3. The van der Waals surface area contributed by atoms with Gasteiger partial charge < -0.3 is 10.2 Å². The summed E-state index contributed by atoms with van der Waals surface area (Å²) in [7, 11) is -3.54. The van der Waals surface area contributed by atoms with Crippen LogP contribution in [0.1, 0.15) is 57.4 Å². The fourth-order valence-electron chi connectivity index (χ4n) is 4.79. The first kappa shape index (κ1) is 25.8. The molecule has 2 fully saturated rings. The molecule has 1 atom stereocenters. The van der Waals surface area contributed by atoms with Crippen molar-refractivity contribution in [3.63, 3.8) is 0 Å². The van der Waals surface area contributed by atoms with Crippen LogP contribution in [0.2, 0.25) is 10.0 Å². The van der Waals surface area contributed by atoms with Crippen LogP contribution in [0, 0.1) is 5.92 Å². The number of nitrogens with one attached hydrogen (secondary N) is 1. The van der Waals surface area contributed by atoms with Crippen LogP contribution in [0.3, 0.4) is 0 Å². The minimum atomic E-state index is -3.54. The third-order valence-corrected chi connectivity index (χ3v) is 9.26. The van der Waals surface area contributed by atoms with Crippen molar-refractivity contribution in [2.75, 3.05) is 32.7 Å². The van der Waals surface area contributed by atoms with Crippen LogP contribution in [0.25, 0.3) is 0 Å². The number of piperidine rings is 2. The quantitative estimate of drug-likeness (QED) is 0.509. The lowest BCUT2D eigenvalue weighted by Crippen LogP contribution is -2.44. The maximum Gasteiger partial charge on any atom is 0.223 e. The monoisotopic (exact) mass is 503 g/mol. The number of carbonyl (C=O) groups is 1. The third-order valence-electron chi connectivity index (χ3n) is 6.75. The number of carbonyl (C=O) groups excluding carboxylic acids is 1. The second-order valence-corrected chi connectivity index (χ2v) is 11.7. The summed E-state index contributed by atoms with van der Waals surface area (Å²) in [6, 6.07) is 5.66. The van der Waals surface area contributed by atoms with Gasteiger partial charge in [0.25, 0.3) is 0 Å². The second-order valence-electron chi connectivity index (χ2n) is 8.87. The molecule has 6 nitrogen and oxygen atoms in total. The summed E-state index contributed by atoms with van der Waals surface area (Å²) in [5.41, 5.74) is 0.426. The molecule has 0 bridgehead atoms. The summed E-state index contributed by atoms with van der Waals surface area (Å²) < 4.78 is 27.2. The van der Waals surface area contributed by atoms with E-state index >= 15 is 0 Å². The van der Waals surface area contributed by atoms with Crippen LogP contribution in [0.15, 0.2) is 18.2 Å². The second kappa shape index (κ2) is 12.0. The zero-order chi connectivity index (χ0) is 23.1. The molecule has 0 unspecified atom stereocenters. The molecule has 0 saturated carbocycles. The van der Waals surface area contributed by atoms with Gasteiger partial charge in [-0.15, -0.1) is 0 Å². The Morgan fingerprint density at radius 2 is 1.78 bits per heavy atom. The lowest BCUT2D eigenvalue weighted by molar-refractivity contribution is -0.126. The Balaban J connectivity index is 1.41. The first-order valence-electron chi connectivity index (χ1n) is 11.7. The predicted octanol–water partition coefficient (Wildman–Crippen LogP) is 4.31. The van der Waals surface area contributed by atoms with E-state index in [1.165, 1.54) is 36.5 Å². The largest absolute Gasteiger partial charge is 0.356 e. The molecule has 0 aromatic heterocycles. The lowest BCUT2D eigenvalue weighted by atomic mass is 9.97. The highest BCUT2D eigenvalue weighted by atomic mass is 35.5. The number of sulfonamides is 1. The standard InChI is InChI=1S/C23H35Cl2N3O3S/c1-2-19-7-3-4-13-27(19)14-6-12-26-23(29)18-10-15-28(16-11-18)32(30,31)17-20-21(24)8-5-9-22(20)25/h5,8-9,18-19H,2-4,6-7,10-17H2,1H3,(H,26,29)/t19-/m1/s1. The normalized spacial score (nSPS) is 21.5. The van der Waals surface area contributed by atoms with Crippen molar-refractivity contribution in [1.82, 2.24) is 14.5 Å². The third kappa shape index (κ3) is 6.83. The van der Waals surface area contributed by atoms with Gasteiger partial charge >= 0.3 is 0 Å². The maximum absolute atomic E-state index is 12.9. The maximum atomic E-state index is 12.9. The van der Waals surface area contributed by atoms with Crippen LogP contribution in [-0.2, 0) is 20.6 Å². The zero-order valence-electron chi connectivity index (χ0n) is 18.9. The van der Waals surface area contributed by atoms with E-state index in [4.69, 9.17) is 23.2 Å². The molecule has 1 aromatic rings. The van der Waals surface area contributed by atoms with Gasteiger partial charge in [-0.05, 0) is 57.2 Å². The molecule has 2 aliphatic heterocycles. The van der Waals surface area contributed by atoms with Gasteiger partial charge in [-0.25, -0.2) is 12.7 Å². The molecule has 2 saturated heterocycles. The van der Waals surface area contributed by atoms with Crippen LogP contribution in [0.5, 0.6) is 0 Å². The smallest absolute Gasteiger partial charge is 0.223 e. The van der Waals surface area contributed by atoms with Gasteiger partial charge in [0, 0.05) is 53.7 Å². The Morgan fingerprint density at radius 1 is 1.09 bits per heavy atom. The molecule has 2 heterocycles. The van der Waals surface area contributed by atoms with E-state index in [2.05, 4.69) is 17.1 Å². The van der Waals surface area contributed by atoms with Crippen molar-refractivity contribution in [3.05, 3.63) is 33.8 Å². The van der Waals surface area contributed by atoms with Crippen molar-refractivity contribution < 1.29 is 13.2 Å². The summed E-state index contributed by atoms with van der Waals surface area (Å²) in [6.45, 7) is 5.80. The number of hydrogen-bond donors (Lipinski definition) is 1. The van der Waals surface area contributed by atoms with Crippen molar-refractivity contribution >= 4 is 39.1 Å². The number of rotatable bonds is 9. The van der Waals surface area contributed by atoms with Crippen molar-refractivity contribution in [2.45, 2.75) is 63.7 Å². The molecule has 180 valence electrons. The molecule has 0 aliphatic carbocycles. The van der Waals surface area contributed by atoms with E-state index < -0.39 is 10.0 Å². The highest BCUT2D eigenvalue weighted by Crippen LogP contribution is 2.29. The molecule has 3 rings (SSSR count). The highest BCUT2D eigenvalue weighted by Gasteiger charge is 2.32. The Bertz CT molecular complexity index is 853. The Hall–Kier alpha value is -0.860. The number of benzene rings is 1. The molecule has 32 heavy (non-hydrogen) atoms. The van der Waals surface area contributed by atoms with E-state index in [-0.39, 0.29) is 17.6 Å². The molecule has 0 spiro atoms. The lowest BCUT2D eigenvalue weighted by Gasteiger charge is -2.35. The van der Waals surface area contributed by atoms with Gasteiger partial charge in [-0.1, -0.05) is 42.6 Å². The van der Waals surface area contributed by atoms with Crippen LogP contribution in [-0.4, -0.2) is 62.3 Å². The molecule has 9 heteroatoms. The fraction of sp³-hybridized carbons (Fsp3) is 0.696. The highest BCUT2D eigenvalue weighted by molar-refractivity contribution is 7.88. The predicted molar refractivity (Wildman–Crippen MR) is 131 cm³/mol. The molecule has 1 N–H and O–H groups in total. The van der Waals surface area contributed by atoms with Crippen LogP contribution in [0.4, 0.5) is 0 Å². The number of halogens is 2. The average molecular weight is 505 g/mol. The van der Waals surface area contributed by atoms with Crippen LogP contribution < -0.4 is 5.32 Å². The number of hydrogen-bond acceptors (Lipinski definition) is 4. The first-order chi connectivity index (χ1) is 15.3. The van der Waals surface area contributed by atoms with Gasteiger partial charge in [-0.2, -0.15) is 0 Å². The number of amides is 1. The van der Waals surface area contributed by atoms with E-state index in [0.717, 1.165) is 13.0 Å². The average Bonchev–Trinajstić information content (AvgIpc) is 2.79. The van der Waals surface area contributed by atoms with Gasteiger partial charge in [0.05, 0.1) is 5.75 Å². The fourth-order valence-corrected chi connectivity index (χ4v) is 7.11. The first-order valence-corrected chi connectivity index (χ1v) is 14.1. The summed E-state index contributed by atoms with van der Waals surface area (Å²) in [5.74, 6) is -0.317. The van der Waals surface area contributed by atoms with Crippen molar-refractivity contribution in [2.24, 2.45) is 5.92 Å². The molecule has 1 amide bonds. The Morgan fingerprint density at radius 3 is 2.44 bits per heavy atom. The Kier molecular flexibility index (Phi) is 9.68. The number of nitrogens with zero attached hydrogens (tertiary/aromatic N) is 2. The summed E-state index contributed by atoms with van der Waals surface area (Å²) in [4.78, 5) is 15.1. The molecule has 2 aliphatic rings. The van der Waals surface area contributed by atoms with Crippen LogP contribution >= 0.6 is 23.2 Å². The zero-order valence-corrected chi connectivity index (χ0v) is 21.2. The molecular weight excluding hydrogens is 469 g/mol. The van der Waals surface area contributed by atoms with E-state index in [1.54, 1.807) is 18.2 Å².